The summed E-state index contributed by atoms with van der Waals surface area (Å²) in [4.78, 5) is 0. The van der Waals surface area contributed by atoms with Crippen LogP contribution in [0.2, 0.25) is 0 Å². The Morgan fingerprint density at radius 3 is 2.35 bits per heavy atom. The highest BCUT2D eigenvalue weighted by molar-refractivity contribution is 4.99. The zero-order valence-electron chi connectivity index (χ0n) is 12.0. The molecule has 0 radical (unpaired) electrons. The van der Waals surface area contributed by atoms with Crippen LogP contribution in [-0.2, 0) is 0 Å². The standard InChI is InChI=1S/C16H31N/c1-4-6-7-12(5-2)8-16(17-3)15-10-13-9-14(13)11-15/h12-17H,4-11H2,1-3H3. The molecule has 0 aromatic heterocycles. The highest BCUT2D eigenvalue weighted by Gasteiger charge is 2.47. The zero-order chi connectivity index (χ0) is 12.3. The average molecular weight is 237 g/mol. The lowest BCUT2D eigenvalue weighted by Crippen LogP contribution is -2.35. The minimum atomic E-state index is 0.810. The molecule has 0 saturated heterocycles. The van der Waals surface area contributed by atoms with Gasteiger partial charge in [0.15, 0.2) is 0 Å². The van der Waals surface area contributed by atoms with Gasteiger partial charge in [0, 0.05) is 6.04 Å². The SMILES string of the molecule is CCCCC(CC)CC(NC)C1CC2CC2C1. The maximum Gasteiger partial charge on any atom is 0.00951 e. The Hall–Kier alpha value is -0.0400. The summed E-state index contributed by atoms with van der Waals surface area (Å²) in [7, 11) is 2.18. The summed E-state index contributed by atoms with van der Waals surface area (Å²) in [6.07, 6.45) is 11.6. The van der Waals surface area contributed by atoms with Gasteiger partial charge >= 0.3 is 0 Å². The van der Waals surface area contributed by atoms with Gasteiger partial charge in [-0.1, -0.05) is 39.5 Å². The Balaban J connectivity index is 1.76. The molecule has 2 aliphatic carbocycles. The normalized spacial score (nSPS) is 34.4. The molecule has 0 spiro atoms. The van der Waals surface area contributed by atoms with Gasteiger partial charge in [0.1, 0.15) is 0 Å². The van der Waals surface area contributed by atoms with Crippen molar-refractivity contribution in [1.29, 1.82) is 0 Å². The van der Waals surface area contributed by atoms with Crippen molar-refractivity contribution in [3.05, 3.63) is 0 Å². The number of unbranched alkanes of at least 4 members (excludes halogenated alkanes) is 1. The number of fused-ring (bicyclic) bond motifs is 1. The van der Waals surface area contributed by atoms with E-state index in [4.69, 9.17) is 0 Å². The third-order valence-corrected chi connectivity index (χ3v) is 5.35. The molecule has 0 amide bonds. The van der Waals surface area contributed by atoms with Gasteiger partial charge in [-0.05, 0) is 56.4 Å². The van der Waals surface area contributed by atoms with Gasteiger partial charge in [-0.2, -0.15) is 0 Å². The van der Waals surface area contributed by atoms with Crippen LogP contribution in [0.4, 0.5) is 0 Å². The molecule has 0 heterocycles. The molecule has 1 heteroatoms. The van der Waals surface area contributed by atoms with Crippen molar-refractivity contribution in [2.75, 3.05) is 7.05 Å². The summed E-state index contributed by atoms with van der Waals surface area (Å²) in [5, 5.41) is 3.63. The molecule has 4 unspecified atom stereocenters. The Kier molecular flexibility index (Phi) is 4.90. The molecule has 2 rings (SSSR count). The molecule has 17 heavy (non-hydrogen) atoms. The molecule has 2 fully saturated rings. The van der Waals surface area contributed by atoms with Crippen LogP contribution in [0.15, 0.2) is 0 Å². The van der Waals surface area contributed by atoms with E-state index in [1.165, 1.54) is 44.9 Å². The lowest BCUT2D eigenvalue weighted by atomic mass is 9.84. The first kappa shape index (κ1) is 13.4. The van der Waals surface area contributed by atoms with Crippen molar-refractivity contribution in [2.45, 2.75) is 71.3 Å². The van der Waals surface area contributed by atoms with Gasteiger partial charge in [0.2, 0.25) is 0 Å². The van der Waals surface area contributed by atoms with Crippen LogP contribution in [0.5, 0.6) is 0 Å². The third-order valence-electron chi connectivity index (χ3n) is 5.35. The van der Waals surface area contributed by atoms with Crippen molar-refractivity contribution in [2.24, 2.45) is 23.7 Å². The predicted octanol–water partition coefficient (Wildman–Crippen LogP) is 4.23. The van der Waals surface area contributed by atoms with Crippen molar-refractivity contribution < 1.29 is 0 Å². The molecular weight excluding hydrogens is 206 g/mol. The first-order chi connectivity index (χ1) is 8.28. The summed E-state index contributed by atoms with van der Waals surface area (Å²) in [5.41, 5.74) is 0. The van der Waals surface area contributed by atoms with E-state index in [1.54, 1.807) is 6.42 Å². The van der Waals surface area contributed by atoms with E-state index in [-0.39, 0.29) is 0 Å². The topological polar surface area (TPSA) is 12.0 Å². The average Bonchev–Trinajstić information content (AvgIpc) is 2.97. The van der Waals surface area contributed by atoms with E-state index >= 15 is 0 Å². The van der Waals surface area contributed by atoms with Crippen molar-refractivity contribution in [3.8, 4) is 0 Å². The van der Waals surface area contributed by atoms with E-state index in [0.717, 1.165) is 29.7 Å². The number of nitrogens with one attached hydrogen (secondary N) is 1. The van der Waals surface area contributed by atoms with E-state index < -0.39 is 0 Å². The van der Waals surface area contributed by atoms with E-state index in [0.29, 0.717) is 0 Å². The Morgan fingerprint density at radius 2 is 1.82 bits per heavy atom. The Labute approximate surface area is 108 Å². The molecule has 0 aromatic rings. The van der Waals surface area contributed by atoms with Crippen molar-refractivity contribution in [1.82, 2.24) is 5.32 Å². The number of rotatable bonds is 8. The second kappa shape index (κ2) is 6.22. The Bertz CT molecular complexity index is 216. The lowest BCUT2D eigenvalue weighted by Gasteiger charge is -2.28. The number of hydrogen-bond donors (Lipinski definition) is 1. The summed E-state index contributed by atoms with van der Waals surface area (Å²) < 4.78 is 0. The molecule has 0 aromatic carbocycles. The van der Waals surface area contributed by atoms with Crippen LogP contribution in [-0.4, -0.2) is 13.1 Å². The molecule has 0 aliphatic heterocycles. The maximum atomic E-state index is 3.63. The van der Waals surface area contributed by atoms with E-state index in [2.05, 4.69) is 26.2 Å². The summed E-state index contributed by atoms with van der Waals surface area (Å²) in [6, 6.07) is 0.810. The highest BCUT2D eigenvalue weighted by atomic mass is 14.9. The molecular formula is C16H31N. The van der Waals surface area contributed by atoms with Gasteiger partial charge in [-0.25, -0.2) is 0 Å². The molecule has 2 saturated carbocycles. The smallest absolute Gasteiger partial charge is 0.00951 e. The van der Waals surface area contributed by atoms with Gasteiger partial charge < -0.3 is 5.32 Å². The molecule has 2 aliphatic rings. The molecule has 1 N–H and O–H groups in total. The first-order valence-corrected chi connectivity index (χ1v) is 7.95. The van der Waals surface area contributed by atoms with Crippen LogP contribution in [0, 0.1) is 23.7 Å². The number of hydrogen-bond acceptors (Lipinski definition) is 1. The largest absolute Gasteiger partial charge is 0.317 e. The fourth-order valence-corrected chi connectivity index (χ4v) is 3.98. The maximum absolute atomic E-state index is 3.63. The van der Waals surface area contributed by atoms with Crippen LogP contribution in [0.25, 0.3) is 0 Å². The predicted molar refractivity (Wildman–Crippen MR) is 75.1 cm³/mol. The fraction of sp³-hybridized carbons (Fsp3) is 1.00. The van der Waals surface area contributed by atoms with Crippen LogP contribution in [0.3, 0.4) is 0 Å². The van der Waals surface area contributed by atoms with Gasteiger partial charge in [-0.15, -0.1) is 0 Å². The van der Waals surface area contributed by atoms with Gasteiger partial charge in [-0.3, -0.25) is 0 Å². The summed E-state index contributed by atoms with van der Waals surface area (Å²) in [6.45, 7) is 4.69. The minimum absolute atomic E-state index is 0.810. The van der Waals surface area contributed by atoms with Gasteiger partial charge in [0.25, 0.3) is 0 Å². The van der Waals surface area contributed by atoms with E-state index in [1.807, 2.05) is 0 Å². The molecule has 1 nitrogen and oxygen atoms in total. The molecule has 100 valence electrons. The van der Waals surface area contributed by atoms with E-state index in [9.17, 15) is 0 Å². The monoisotopic (exact) mass is 237 g/mol. The second-order valence-corrected chi connectivity index (χ2v) is 6.53. The highest BCUT2D eigenvalue weighted by Crippen LogP contribution is 2.55. The second-order valence-electron chi connectivity index (χ2n) is 6.53. The van der Waals surface area contributed by atoms with Crippen LogP contribution in [0.1, 0.15) is 65.2 Å². The van der Waals surface area contributed by atoms with Gasteiger partial charge in [0.05, 0.1) is 0 Å². The fourth-order valence-electron chi connectivity index (χ4n) is 3.98. The van der Waals surface area contributed by atoms with Crippen molar-refractivity contribution >= 4 is 0 Å². The zero-order valence-corrected chi connectivity index (χ0v) is 12.0. The van der Waals surface area contributed by atoms with Crippen molar-refractivity contribution in [3.63, 3.8) is 0 Å². The summed E-state index contributed by atoms with van der Waals surface area (Å²) >= 11 is 0. The molecule has 4 atom stereocenters. The lowest BCUT2D eigenvalue weighted by molar-refractivity contribution is 0.276. The quantitative estimate of drug-likeness (QED) is 0.666. The third kappa shape index (κ3) is 3.47. The van der Waals surface area contributed by atoms with Crippen LogP contribution < -0.4 is 5.32 Å². The summed E-state index contributed by atoms with van der Waals surface area (Å²) in [5.74, 6) is 4.22. The Morgan fingerprint density at radius 1 is 1.12 bits per heavy atom. The van der Waals surface area contributed by atoms with Crippen LogP contribution >= 0.6 is 0 Å². The molecule has 0 bridgehead atoms. The first-order valence-electron chi connectivity index (χ1n) is 7.95. The minimum Gasteiger partial charge on any atom is -0.317 e.